The van der Waals surface area contributed by atoms with Gasteiger partial charge in [-0.3, -0.25) is 4.99 Å². The molecule has 2 aliphatic rings. The first-order valence-electron chi connectivity index (χ1n) is 7.36. The highest BCUT2D eigenvalue weighted by Crippen LogP contribution is 2.19. The Labute approximate surface area is 125 Å². The normalized spacial score (nSPS) is 19.2. The lowest BCUT2D eigenvalue weighted by molar-refractivity contribution is 0.702. The number of anilines is 1. The van der Waals surface area contributed by atoms with Crippen LogP contribution in [0.2, 0.25) is 0 Å². The molecule has 2 heterocycles. The van der Waals surface area contributed by atoms with E-state index < -0.39 is 0 Å². The number of benzene rings is 1. The van der Waals surface area contributed by atoms with Crippen LogP contribution in [0.1, 0.15) is 12.0 Å². The second-order valence-corrected chi connectivity index (χ2v) is 6.35. The lowest BCUT2D eigenvalue weighted by Gasteiger charge is -2.28. The van der Waals surface area contributed by atoms with Gasteiger partial charge in [0.05, 0.1) is 0 Å². The Bertz CT molecular complexity index is 451. The maximum Gasteiger partial charge on any atom is 0.191 e. The molecular formula is C15H22N4S. The minimum absolute atomic E-state index is 0.835. The minimum Gasteiger partial charge on any atom is -0.370 e. The van der Waals surface area contributed by atoms with Crippen LogP contribution in [0, 0.1) is 0 Å². The fraction of sp³-hybridized carbons (Fsp3) is 0.533. The molecule has 3 rings (SSSR count). The number of nitrogens with one attached hydrogen (secondary N) is 2. The van der Waals surface area contributed by atoms with Gasteiger partial charge in [0, 0.05) is 49.9 Å². The van der Waals surface area contributed by atoms with E-state index in [1.165, 1.54) is 35.8 Å². The highest BCUT2D eigenvalue weighted by atomic mass is 32.2. The van der Waals surface area contributed by atoms with Gasteiger partial charge in [0.1, 0.15) is 0 Å². The van der Waals surface area contributed by atoms with Gasteiger partial charge in [-0.05, 0) is 24.1 Å². The molecule has 0 bridgehead atoms. The zero-order valence-electron chi connectivity index (χ0n) is 11.8. The number of guanidine groups is 1. The molecule has 1 aromatic rings. The molecule has 1 saturated heterocycles. The van der Waals surface area contributed by atoms with E-state index in [9.17, 15) is 0 Å². The predicted molar refractivity (Wildman–Crippen MR) is 87.7 cm³/mol. The minimum atomic E-state index is 0.835. The van der Waals surface area contributed by atoms with Crippen molar-refractivity contribution in [1.29, 1.82) is 0 Å². The van der Waals surface area contributed by atoms with Gasteiger partial charge in [0.2, 0.25) is 0 Å². The summed E-state index contributed by atoms with van der Waals surface area (Å²) in [5.74, 6) is 3.43. The molecule has 2 aliphatic heterocycles. The van der Waals surface area contributed by atoms with Gasteiger partial charge in [-0.15, -0.1) is 0 Å². The molecule has 0 amide bonds. The molecule has 0 saturated carbocycles. The smallest absolute Gasteiger partial charge is 0.191 e. The maximum atomic E-state index is 4.42. The van der Waals surface area contributed by atoms with Gasteiger partial charge in [-0.25, -0.2) is 0 Å². The van der Waals surface area contributed by atoms with Crippen molar-refractivity contribution in [2.45, 2.75) is 13.0 Å². The number of nitrogens with zero attached hydrogens (tertiary/aromatic N) is 2. The quantitative estimate of drug-likeness (QED) is 0.888. The number of aliphatic imine (C=N–C) groups is 1. The summed E-state index contributed by atoms with van der Waals surface area (Å²) in [4.78, 5) is 6.89. The van der Waals surface area contributed by atoms with Crippen LogP contribution in [-0.2, 0) is 6.54 Å². The van der Waals surface area contributed by atoms with Gasteiger partial charge >= 0.3 is 0 Å². The fourth-order valence-electron chi connectivity index (χ4n) is 2.48. The van der Waals surface area contributed by atoms with Crippen LogP contribution in [0.4, 0.5) is 5.69 Å². The Kier molecular flexibility index (Phi) is 4.69. The average molecular weight is 290 g/mol. The first kappa shape index (κ1) is 13.6. The lowest BCUT2D eigenvalue weighted by Crippen LogP contribution is -2.40. The van der Waals surface area contributed by atoms with Gasteiger partial charge < -0.3 is 15.5 Å². The topological polar surface area (TPSA) is 39.7 Å². The maximum absolute atomic E-state index is 4.42. The molecular weight excluding hydrogens is 268 g/mol. The Balaban J connectivity index is 1.54. The molecule has 0 atom stereocenters. The number of hydrogen-bond acceptors (Lipinski definition) is 5. The molecule has 0 unspecified atom stereocenters. The fourth-order valence-corrected chi connectivity index (χ4v) is 3.39. The SMILES string of the molecule is c1cc(N2CCSCC2)ccc1CNC1=NCCCN1. The van der Waals surface area contributed by atoms with Crippen molar-refractivity contribution in [3.8, 4) is 0 Å². The summed E-state index contributed by atoms with van der Waals surface area (Å²) in [5.41, 5.74) is 2.65. The van der Waals surface area contributed by atoms with E-state index in [4.69, 9.17) is 0 Å². The molecule has 108 valence electrons. The van der Waals surface area contributed by atoms with Gasteiger partial charge in [-0.1, -0.05) is 12.1 Å². The van der Waals surface area contributed by atoms with Gasteiger partial charge in [0.25, 0.3) is 0 Å². The van der Waals surface area contributed by atoms with E-state index in [1.54, 1.807) is 0 Å². The average Bonchev–Trinajstić information content (AvgIpc) is 2.55. The molecule has 2 N–H and O–H groups in total. The largest absolute Gasteiger partial charge is 0.370 e. The molecule has 4 nitrogen and oxygen atoms in total. The third-order valence-electron chi connectivity index (χ3n) is 3.67. The second kappa shape index (κ2) is 6.88. The van der Waals surface area contributed by atoms with Crippen LogP contribution in [0.3, 0.4) is 0 Å². The van der Waals surface area contributed by atoms with Gasteiger partial charge in [0.15, 0.2) is 5.96 Å². The monoisotopic (exact) mass is 290 g/mol. The third kappa shape index (κ3) is 3.60. The Morgan fingerprint density at radius 1 is 1.20 bits per heavy atom. The van der Waals surface area contributed by atoms with Crippen LogP contribution >= 0.6 is 11.8 Å². The van der Waals surface area contributed by atoms with E-state index in [-0.39, 0.29) is 0 Å². The zero-order valence-corrected chi connectivity index (χ0v) is 12.6. The van der Waals surface area contributed by atoms with E-state index in [0.717, 1.165) is 32.0 Å². The third-order valence-corrected chi connectivity index (χ3v) is 4.61. The van der Waals surface area contributed by atoms with Crippen molar-refractivity contribution >= 4 is 23.4 Å². The Hall–Kier alpha value is -1.36. The first-order valence-corrected chi connectivity index (χ1v) is 8.51. The van der Waals surface area contributed by atoms with Crippen LogP contribution in [0.5, 0.6) is 0 Å². The van der Waals surface area contributed by atoms with Crippen molar-refractivity contribution in [2.75, 3.05) is 42.6 Å². The van der Waals surface area contributed by atoms with Crippen molar-refractivity contribution in [3.05, 3.63) is 29.8 Å². The predicted octanol–water partition coefficient (Wildman–Crippen LogP) is 1.68. The summed E-state index contributed by atoms with van der Waals surface area (Å²) in [6.07, 6.45) is 1.13. The van der Waals surface area contributed by atoms with Gasteiger partial charge in [-0.2, -0.15) is 11.8 Å². The Morgan fingerprint density at radius 3 is 2.70 bits per heavy atom. The van der Waals surface area contributed by atoms with Crippen molar-refractivity contribution in [1.82, 2.24) is 10.6 Å². The summed E-state index contributed by atoms with van der Waals surface area (Å²) < 4.78 is 0. The van der Waals surface area contributed by atoms with Crippen LogP contribution < -0.4 is 15.5 Å². The van der Waals surface area contributed by atoms with Crippen LogP contribution in [-0.4, -0.2) is 43.6 Å². The van der Waals surface area contributed by atoms with E-state index in [2.05, 4.69) is 44.8 Å². The molecule has 0 aliphatic carbocycles. The molecule has 5 heteroatoms. The molecule has 20 heavy (non-hydrogen) atoms. The Morgan fingerprint density at radius 2 is 2.00 bits per heavy atom. The van der Waals surface area contributed by atoms with Crippen molar-refractivity contribution in [2.24, 2.45) is 4.99 Å². The lowest BCUT2D eigenvalue weighted by atomic mass is 10.2. The van der Waals surface area contributed by atoms with E-state index in [0.29, 0.717) is 0 Å². The summed E-state index contributed by atoms with van der Waals surface area (Å²) in [6.45, 7) is 5.13. The molecule has 0 radical (unpaired) electrons. The van der Waals surface area contributed by atoms with Crippen molar-refractivity contribution < 1.29 is 0 Å². The molecule has 0 aromatic heterocycles. The first-order chi connectivity index (χ1) is 9.92. The summed E-state index contributed by atoms with van der Waals surface area (Å²) in [6, 6.07) is 8.91. The highest BCUT2D eigenvalue weighted by molar-refractivity contribution is 7.99. The molecule has 1 fully saturated rings. The van der Waals surface area contributed by atoms with E-state index >= 15 is 0 Å². The highest BCUT2D eigenvalue weighted by Gasteiger charge is 2.10. The second-order valence-electron chi connectivity index (χ2n) is 5.13. The number of hydrogen-bond donors (Lipinski definition) is 2. The number of thioether (sulfide) groups is 1. The molecule has 0 spiro atoms. The van der Waals surface area contributed by atoms with Crippen LogP contribution in [0.15, 0.2) is 29.3 Å². The molecule has 1 aromatic carbocycles. The summed E-state index contributed by atoms with van der Waals surface area (Å²) in [5, 5.41) is 6.64. The standard InChI is InChI=1S/C15H22N4S/c1-6-16-15(17-7-1)18-12-13-2-4-14(5-3-13)19-8-10-20-11-9-19/h2-5H,1,6-12H2,(H2,16,17,18). The van der Waals surface area contributed by atoms with Crippen molar-refractivity contribution in [3.63, 3.8) is 0 Å². The summed E-state index contributed by atoms with van der Waals surface area (Å²) >= 11 is 2.05. The van der Waals surface area contributed by atoms with Crippen LogP contribution in [0.25, 0.3) is 0 Å². The number of rotatable bonds is 3. The summed E-state index contributed by atoms with van der Waals surface area (Å²) in [7, 11) is 0. The van der Waals surface area contributed by atoms with E-state index in [1.807, 2.05) is 11.8 Å². The zero-order chi connectivity index (χ0) is 13.6.